The zero-order valence-corrected chi connectivity index (χ0v) is 75.6. The fourth-order valence-electron chi connectivity index (χ4n) is 18.2. The molecule has 6 aliphatic heterocycles. The predicted molar refractivity (Wildman–Crippen MR) is 505 cm³/mol. The number of benzene rings is 9. The minimum atomic E-state index is -1.13. The third kappa shape index (κ3) is 21.9. The number of carboxylic acid groups (broad SMARTS) is 1. The number of aromatic nitrogens is 4. The average molecular weight is 1800 g/mol. The number of carbonyl (C=O) groups is 9. The van der Waals surface area contributed by atoms with Crippen LogP contribution in [-0.4, -0.2) is 189 Å². The van der Waals surface area contributed by atoms with Crippen LogP contribution in [0.5, 0.6) is 0 Å². The Hall–Kier alpha value is -15.0. The Bertz CT molecular complexity index is 6050. The van der Waals surface area contributed by atoms with E-state index in [4.69, 9.17) is 39.0 Å². The number of likely N-dealkylation sites (tertiary alicyclic amines) is 4. The molecule has 133 heavy (non-hydrogen) atoms. The SMILES string of the molecule is COC(=O)NC(C(=O)N1CCC[C@H]1C1=Nc2ccc(-c3ccc(-c4ccc(-c5cnc([C@@H]6CCCN6C(=O)OCc6ccccc6)[nH]5)cc4)cc3)cc2C1)C(C)C.COC(=O)NC(C(=O)N1CCC[C@H]1C1=Nc2ccc(-c3ccc(-c4ccc(-c5cnc([C@@H]6CCCN6C(=O)[C@H](NC(=O)OC)c6ccccc6)[nH]5)cc4)cc3)cc2C1)C(C)C.COC(=O)N[C@@H](C(=O)O)c1ccccc1. The van der Waals surface area contributed by atoms with Gasteiger partial charge in [0.2, 0.25) is 11.8 Å². The Morgan fingerprint density at radius 3 is 1.09 bits per heavy atom. The first-order valence-corrected chi connectivity index (χ1v) is 45.0. The number of imidazole rings is 2. The number of alkyl carbamates (subject to hydrolysis) is 4. The zero-order valence-electron chi connectivity index (χ0n) is 75.6. The Kier molecular flexibility index (Phi) is 29.7. The molecule has 17 rings (SSSR count). The maximum absolute atomic E-state index is 13.9. The second-order valence-electron chi connectivity index (χ2n) is 34.4. The first-order chi connectivity index (χ1) is 64.5. The van der Waals surface area contributed by atoms with E-state index >= 15 is 0 Å². The molecular formula is C104H110N14O15. The molecular weight excluding hydrogens is 1690 g/mol. The number of ether oxygens (including phenoxy) is 5. The van der Waals surface area contributed by atoms with Crippen LogP contribution in [0.25, 0.3) is 67.0 Å². The fourth-order valence-corrected chi connectivity index (χ4v) is 18.2. The van der Waals surface area contributed by atoms with E-state index in [-0.39, 0.29) is 66.4 Å². The molecule has 8 heterocycles. The second-order valence-corrected chi connectivity index (χ2v) is 34.4. The highest BCUT2D eigenvalue weighted by atomic mass is 16.6. The monoisotopic (exact) mass is 1790 g/mol. The minimum Gasteiger partial charge on any atom is -0.479 e. The van der Waals surface area contributed by atoms with Gasteiger partial charge in [0.05, 0.1) is 87.8 Å². The molecule has 6 aliphatic rings. The molecule has 4 saturated heterocycles. The molecule has 0 aliphatic carbocycles. The lowest BCUT2D eigenvalue weighted by Crippen LogP contribution is -2.53. The first kappa shape index (κ1) is 92.7. The van der Waals surface area contributed by atoms with Gasteiger partial charge in [-0.25, -0.2) is 38.7 Å². The summed E-state index contributed by atoms with van der Waals surface area (Å²) in [5, 5.41) is 19.3. The van der Waals surface area contributed by atoms with E-state index in [1.54, 1.807) is 40.1 Å². The van der Waals surface area contributed by atoms with Crippen molar-refractivity contribution < 1.29 is 71.9 Å². The number of carbonyl (C=O) groups excluding carboxylic acids is 8. The quantitative estimate of drug-likeness (QED) is 0.0276. The summed E-state index contributed by atoms with van der Waals surface area (Å²) < 4.78 is 24.4. The second kappa shape index (κ2) is 42.7. The van der Waals surface area contributed by atoms with Crippen molar-refractivity contribution in [3.05, 3.63) is 276 Å². The summed E-state index contributed by atoms with van der Waals surface area (Å²) in [5.41, 5.74) is 20.9. The normalized spacial score (nSPS) is 17.3. The summed E-state index contributed by atoms with van der Waals surface area (Å²) in [6.45, 7) is 10.4. The molecule has 2 unspecified atom stereocenters. The number of aromatic amines is 2. The van der Waals surface area contributed by atoms with Crippen LogP contribution in [0.1, 0.15) is 143 Å². The Balaban J connectivity index is 0.000000176. The van der Waals surface area contributed by atoms with Crippen LogP contribution in [0, 0.1) is 11.8 Å². The number of aliphatic imine (C=N–C) groups is 2. The van der Waals surface area contributed by atoms with E-state index in [9.17, 15) is 43.2 Å². The molecule has 7 N–H and O–H groups in total. The van der Waals surface area contributed by atoms with Gasteiger partial charge in [-0.15, -0.1) is 0 Å². The summed E-state index contributed by atoms with van der Waals surface area (Å²) in [4.78, 5) is 146. The number of nitrogens with zero attached hydrogens (tertiary/aromatic N) is 8. The van der Waals surface area contributed by atoms with Crippen molar-refractivity contribution in [2.24, 2.45) is 21.8 Å². The number of nitrogens with one attached hydrogen (secondary N) is 6. The van der Waals surface area contributed by atoms with Crippen molar-refractivity contribution in [3.63, 3.8) is 0 Å². The largest absolute Gasteiger partial charge is 0.479 e. The summed E-state index contributed by atoms with van der Waals surface area (Å²) in [6, 6.07) is 70.1. The number of rotatable bonds is 24. The molecule has 11 aromatic rings. The average Bonchev–Trinajstić information content (AvgIpc) is 1.65. The van der Waals surface area contributed by atoms with Gasteiger partial charge >= 0.3 is 36.4 Å². The summed E-state index contributed by atoms with van der Waals surface area (Å²) >= 11 is 0. The van der Waals surface area contributed by atoms with Crippen LogP contribution in [0.2, 0.25) is 0 Å². The Morgan fingerprint density at radius 2 is 0.707 bits per heavy atom. The molecule has 8 amide bonds. The van der Waals surface area contributed by atoms with E-state index in [1.165, 1.54) is 28.4 Å². The number of H-pyrrole nitrogens is 2. The zero-order chi connectivity index (χ0) is 93.3. The molecule has 29 heteroatoms. The van der Waals surface area contributed by atoms with Gasteiger partial charge in [0.25, 0.3) is 5.91 Å². The van der Waals surface area contributed by atoms with E-state index in [1.807, 2.05) is 111 Å². The van der Waals surface area contributed by atoms with Crippen molar-refractivity contribution in [2.75, 3.05) is 54.6 Å². The predicted octanol–water partition coefficient (Wildman–Crippen LogP) is 18.2. The van der Waals surface area contributed by atoms with Crippen LogP contribution < -0.4 is 21.3 Å². The smallest absolute Gasteiger partial charge is 0.410 e. The van der Waals surface area contributed by atoms with Crippen molar-refractivity contribution in [3.8, 4) is 67.0 Å². The van der Waals surface area contributed by atoms with E-state index < -0.39 is 54.5 Å². The number of hydrogen-bond donors (Lipinski definition) is 7. The number of aliphatic carboxylic acids is 1. The number of fused-ring (bicyclic) bond motifs is 2. The van der Waals surface area contributed by atoms with Crippen molar-refractivity contribution in [1.29, 1.82) is 0 Å². The molecule has 8 atom stereocenters. The van der Waals surface area contributed by atoms with Gasteiger partial charge in [-0.3, -0.25) is 29.3 Å². The molecule has 0 bridgehead atoms. The van der Waals surface area contributed by atoms with Gasteiger partial charge in [0, 0.05) is 50.4 Å². The molecule has 0 saturated carbocycles. The van der Waals surface area contributed by atoms with Gasteiger partial charge in [-0.1, -0.05) is 228 Å². The van der Waals surface area contributed by atoms with Gasteiger partial charge in [0.15, 0.2) is 6.04 Å². The van der Waals surface area contributed by atoms with Gasteiger partial charge in [-0.05, 0) is 171 Å². The van der Waals surface area contributed by atoms with Crippen molar-refractivity contribution in [2.45, 2.75) is 147 Å². The molecule has 4 fully saturated rings. The molecule has 2 aromatic heterocycles. The lowest BCUT2D eigenvalue weighted by atomic mass is 9.96. The van der Waals surface area contributed by atoms with Crippen LogP contribution in [-0.2, 0) is 62.3 Å². The van der Waals surface area contributed by atoms with Crippen molar-refractivity contribution in [1.82, 2.24) is 60.8 Å². The highest BCUT2D eigenvalue weighted by Crippen LogP contribution is 2.41. The minimum absolute atomic E-state index is 0.0786. The molecule has 0 spiro atoms. The molecule has 29 nitrogen and oxygen atoms in total. The van der Waals surface area contributed by atoms with Gasteiger partial charge in [0.1, 0.15) is 36.4 Å². The van der Waals surface area contributed by atoms with Gasteiger partial charge < -0.3 is 74.7 Å². The van der Waals surface area contributed by atoms with E-state index in [0.29, 0.717) is 56.0 Å². The number of methoxy groups -OCH3 is 4. The Labute approximate surface area is 772 Å². The fraction of sp³-hybridized carbons (Fsp3) is 0.317. The number of amides is 8. The lowest BCUT2D eigenvalue weighted by Gasteiger charge is -2.30. The van der Waals surface area contributed by atoms with Gasteiger partial charge in [-0.2, -0.15) is 0 Å². The maximum Gasteiger partial charge on any atom is 0.410 e. The molecule has 686 valence electrons. The highest BCUT2D eigenvalue weighted by molar-refractivity contribution is 6.03. The van der Waals surface area contributed by atoms with Crippen LogP contribution >= 0.6 is 0 Å². The molecule has 9 aromatic carbocycles. The molecule has 0 radical (unpaired) electrons. The van der Waals surface area contributed by atoms with Crippen LogP contribution in [0.15, 0.2) is 247 Å². The highest BCUT2D eigenvalue weighted by Gasteiger charge is 2.43. The summed E-state index contributed by atoms with van der Waals surface area (Å²) in [6.07, 6.45) is 8.85. The lowest BCUT2D eigenvalue weighted by molar-refractivity contribution is -0.139. The topological polar surface area (TPSA) is 363 Å². The number of carboxylic acids is 1. The summed E-state index contributed by atoms with van der Waals surface area (Å²) in [7, 11) is 5.07. The van der Waals surface area contributed by atoms with E-state index in [0.717, 1.165) is 164 Å². The van der Waals surface area contributed by atoms with E-state index in [2.05, 4.69) is 174 Å². The third-order valence-electron chi connectivity index (χ3n) is 25.3. The standard InChI is InChI=1S/C48H51N7O6.C46H48N6O5.C10H11NO4/c1-29(2)42(52-47(58)60-3)45(56)54-24-8-12-40(54)38-27-36-26-35(22-23-37(36)50-38)32-16-14-30(15-17-32)31-18-20-33(21-19-31)39-28-49-44(51-39)41-13-9-25-55(41)46(57)43(53-48(59)61-4)34-10-6-5-7-11-34;1-29(2)42(50-45(54)56-3)44(53)51-23-7-11-40(51)38-26-36-25-35(21-22-37(36)48-38)33-15-13-31(14-16-33)32-17-19-34(20-18-32)39-27-47-43(49-39)41-12-8-24-52(41)46(55)57-28-30-9-5-4-6-10-30;1-15-10(14)11-8(9(12)13)7-5-3-2-4-6-7/h5-7,10-11,14-23,26,28-29,40-43H,8-9,12-13,24-25,27H2,1-4H3,(H,49,51)(H,52,58)(H,53,59);4-6,9-10,13-22,25,27,29,40-42H,7-8,11-12,23-24,26,28H2,1-3H3,(H,47,49)(H,50,54);2-6,8H,1H3,(H,11,14)(H,12,13)/t40-,41-,42?,43+;40-,41-,42?;8-/m001/s1. The Morgan fingerprint density at radius 1 is 0.383 bits per heavy atom. The van der Waals surface area contributed by atoms with Crippen LogP contribution in [0.3, 0.4) is 0 Å². The maximum atomic E-state index is 13.9. The van der Waals surface area contributed by atoms with Crippen molar-refractivity contribution >= 4 is 77.0 Å². The van der Waals surface area contributed by atoms with Crippen LogP contribution in [0.4, 0.5) is 35.3 Å². The first-order valence-electron chi connectivity index (χ1n) is 45.0. The summed E-state index contributed by atoms with van der Waals surface area (Å²) in [5.74, 6) is -0.214. The third-order valence-corrected chi connectivity index (χ3v) is 25.3. The number of hydrogen-bond acceptors (Lipinski definition) is 18.